The van der Waals surface area contributed by atoms with Gasteiger partial charge in [0.1, 0.15) is 0 Å². The van der Waals surface area contributed by atoms with Crippen LogP contribution in [0, 0.1) is 6.92 Å². The fourth-order valence-electron chi connectivity index (χ4n) is 2.55. The Labute approximate surface area is 158 Å². The van der Waals surface area contributed by atoms with E-state index in [-0.39, 0.29) is 5.91 Å². The second-order valence-electron chi connectivity index (χ2n) is 6.27. The SMILES string of the molecule is CCC(C)Sc1ccc(NC(=O)c2ccc(-n3cccn3)cc2)c(C)c1. The van der Waals surface area contributed by atoms with Crippen LogP contribution in [0.1, 0.15) is 36.2 Å². The average Bonchev–Trinajstić information content (AvgIpc) is 3.18. The Bertz CT molecular complexity index is 873. The summed E-state index contributed by atoms with van der Waals surface area (Å²) in [6, 6.07) is 15.5. The number of hydrogen-bond acceptors (Lipinski definition) is 3. The van der Waals surface area contributed by atoms with Crippen molar-refractivity contribution in [1.29, 1.82) is 0 Å². The number of hydrogen-bond donors (Lipinski definition) is 1. The van der Waals surface area contributed by atoms with E-state index in [0.717, 1.165) is 23.4 Å². The van der Waals surface area contributed by atoms with Crippen LogP contribution in [-0.4, -0.2) is 20.9 Å². The van der Waals surface area contributed by atoms with Gasteiger partial charge in [-0.3, -0.25) is 4.79 Å². The van der Waals surface area contributed by atoms with Gasteiger partial charge in [0.05, 0.1) is 5.69 Å². The van der Waals surface area contributed by atoms with Gasteiger partial charge in [0.2, 0.25) is 0 Å². The summed E-state index contributed by atoms with van der Waals surface area (Å²) in [5.41, 5.74) is 3.46. The highest BCUT2D eigenvalue weighted by atomic mass is 32.2. The summed E-state index contributed by atoms with van der Waals surface area (Å²) < 4.78 is 1.76. The number of amides is 1. The predicted molar refractivity (Wildman–Crippen MR) is 108 cm³/mol. The zero-order chi connectivity index (χ0) is 18.5. The van der Waals surface area contributed by atoms with Crippen LogP contribution >= 0.6 is 11.8 Å². The molecule has 0 aliphatic carbocycles. The lowest BCUT2D eigenvalue weighted by Gasteiger charge is -2.12. The van der Waals surface area contributed by atoms with Crippen LogP contribution < -0.4 is 5.32 Å². The standard InChI is InChI=1S/C21H23N3OS/c1-4-16(3)26-19-10-11-20(15(2)14-19)23-21(25)17-6-8-18(9-7-17)24-13-5-12-22-24/h5-14,16H,4H2,1-3H3,(H,23,25). The number of carbonyl (C=O) groups is 1. The van der Waals surface area contributed by atoms with Gasteiger partial charge in [-0.2, -0.15) is 5.10 Å². The third-order valence-electron chi connectivity index (χ3n) is 4.26. The molecule has 0 aliphatic heterocycles. The molecule has 134 valence electrons. The number of thioether (sulfide) groups is 1. The molecule has 26 heavy (non-hydrogen) atoms. The van der Waals surface area contributed by atoms with Gasteiger partial charge in [-0.15, -0.1) is 11.8 Å². The monoisotopic (exact) mass is 365 g/mol. The molecule has 0 aliphatic rings. The number of nitrogens with zero attached hydrogens (tertiary/aromatic N) is 2. The average molecular weight is 366 g/mol. The summed E-state index contributed by atoms with van der Waals surface area (Å²) in [6.07, 6.45) is 4.74. The van der Waals surface area contributed by atoms with E-state index < -0.39 is 0 Å². The van der Waals surface area contributed by atoms with Gasteiger partial charge in [0.25, 0.3) is 5.91 Å². The largest absolute Gasteiger partial charge is 0.322 e. The molecule has 1 unspecified atom stereocenters. The third-order valence-corrected chi connectivity index (χ3v) is 5.52. The molecule has 1 atom stereocenters. The van der Waals surface area contributed by atoms with Crippen molar-refractivity contribution in [3.05, 3.63) is 72.1 Å². The van der Waals surface area contributed by atoms with Gasteiger partial charge in [0, 0.05) is 33.8 Å². The lowest BCUT2D eigenvalue weighted by Crippen LogP contribution is -2.13. The lowest BCUT2D eigenvalue weighted by molar-refractivity contribution is 0.102. The first-order chi connectivity index (χ1) is 12.6. The van der Waals surface area contributed by atoms with E-state index in [2.05, 4.69) is 36.4 Å². The first-order valence-electron chi connectivity index (χ1n) is 8.75. The minimum atomic E-state index is -0.109. The molecule has 0 radical (unpaired) electrons. The molecule has 2 aromatic carbocycles. The van der Waals surface area contributed by atoms with Crippen molar-refractivity contribution in [2.75, 3.05) is 5.32 Å². The normalized spacial score (nSPS) is 12.0. The molecule has 0 spiro atoms. The molecule has 4 nitrogen and oxygen atoms in total. The molecule has 0 fully saturated rings. The summed E-state index contributed by atoms with van der Waals surface area (Å²) in [6.45, 7) is 6.44. The smallest absolute Gasteiger partial charge is 0.255 e. The van der Waals surface area contributed by atoms with Crippen LogP contribution in [0.3, 0.4) is 0 Å². The predicted octanol–water partition coefficient (Wildman–Crippen LogP) is 5.32. The van der Waals surface area contributed by atoms with Crippen LogP contribution in [0.2, 0.25) is 0 Å². The van der Waals surface area contributed by atoms with E-state index in [1.807, 2.05) is 61.3 Å². The maximum absolute atomic E-state index is 12.5. The second-order valence-corrected chi connectivity index (χ2v) is 7.78. The Morgan fingerprint density at radius 1 is 1.23 bits per heavy atom. The summed E-state index contributed by atoms with van der Waals surface area (Å²) >= 11 is 1.86. The Morgan fingerprint density at radius 3 is 2.62 bits per heavy atom. The summed E-state index contributed by atoms with van der Waals surface area (Å²) in [4.78, 5) is 13.8. The highest BCUT2D eigenvalue weighted by Gasteiger charge is 2.10. The number of carbonyl (C=O) groups excluding carboxylic acids is 1. The third kappa shape index (κ3) is 4.35. The van der Waals surface area contributed by atoms with Crippen molar-refractivity contribution in [3.63, 3.8) is 0 Å². The topological polar surface area (TPSA) is 46.9 Å². The summed E-state index contributed by atoms with van der Waals surface area (Å²) in [5, 5.41) is 7.78. The quantitative estimate of drug-likeness (QED) is 0.601. The van der Waals surface area contributed by atoms with Crippen LogP contribution in [-0.2, 0) is 0 Å². The molecule has 1 amide bonds. The maximum Gasteiger partial charge on any atom is 0.255 e. The minimum absolute atomic E-state index is 0.109. The molecule has 3 aromatic rings. The van der Waals surface area contributed by atoms with Gasteiger partial charge in [-0.25, -0.2) is 4.68 Å². The van der Waals surface area contributed by atoms with Crippen LogP contribution in [0.5, 0.6) is 0 Å². The maximum atomic E-state index is 12.5. The van der Waals surface area contributed by atoms with Gasteiger partial charge in [0.15, 0.2) is 0 Å². The zero-order valence-corrected chi connectivity index (χ0v) is 16.1. The van der Waals surface area contributed by atoms with Crippen LogP contribution in [0.15, 0.2) is 65.8 Å². The Morgan fingerprint density at radius 2 is 2.00 bits per heavy atom. The van der Waals surface area contributed by atoms with E-state index >= 15 is 0 Å². The number of benzene rings is 2. The van der Waals surface area contributed by atoms with Crippen molar-refractivity contribution in [2.45, 2.75) is 37.3 Å². The van der Waals surface area contributed by atoms with Crippen molar-refractivity contribution in [1.82, 2.24) is 9.78 Å². The zero-order valence-electron chi connectivity index (χ0n) is 15.3. The molecule has 1 N–H and O–H groups in total. The lowest BCUT2D eigenvalue weighted by atomic mass is 10.1. The Balaban J connectivity index is 1.69. The molecular weight excluding hydrogens is 342 g/mol. The fourth-order valence-corrected chi connectivity index (χ4v) is 3.57. The highest BCUT2D eigenvalue weighted by molar-refractivity contribution is 7.99. The van der Waals surface area contributed by atoms with Gasteiger partial charge < -0.3 is 5.32 Å². The summed E-state index contributed by atoms with van der Waals surface area (Å²) in [7, 11) is 0. The molecule has 0 saturated heterocycles. The number of nitrogens with one attached hydrogen (secondary N) is 1. The van der Waals surface area contributed by atoms with Crippen molar-refractivity contribution in [3.8, 4) is 5.69 Å². The van der Waals surface area contributed by atoms with Gasteiger partial charge >= 0.3 is 0 Å². The van der Waals surface area contributed by atoms with Crippen molar-refractivity contribution >= 4 is 23.4 Å². The Hall–Kier alpha value is -2.53. The molecule has 0 bridgehead atoms. The molecule has 0 saturated carbocycles. The van der Waals surface area contributed by atoms with Gasteiger partial charge in [-0.05, 0) is 67.4 Å². The van der Waals surface area contributed by atoms with E-state index in [4.69, 9.17) is 0 Å². The first-order valence-corrected chi connectivity index (χ1v) is 9.63. The molecule has 1 heterocycles. The van der Waals surface area contributed by atoms with Crippen molar-refractivity contribution < 1.29 is 4.79 Å². The van der Waals surface area contributed by atoms with E-state index in [9.17, 15) is 4.79 Å². The molecule has 1 aromatic heterocycles. The van der Waals surface area contributed by atoms with Gasteiger partial charge in [-0.1, -0.05) is 13.8 Å². The summed E-state index contributed by atoms with van der Waals surface area (Å²) in [5.74, 6) is -0.109. The van der Waals surface area contributed by atoms with E-state index in [1.54, 1.807) is 10.9 Å². The van der Waals surface area contributed by atoms with Crippen LogP contribution in [0.4, 0.5) is 5.69 Å². The van der Waals surface area contributed by atoms with Crippen molar-refractivity contribution in [2.24, 2.45) is 0 Å². The van der Waals surface area contributed by atoms with Crippen LogP contribution in [0.25, 0.3) is 5.69 Å². The second kappa shape index (κ2) is 8.23. The minimum Gasteiger partial charge on any atom is -0.322 e. The highest BCUT2D eigenvalue weighted by Crippen LogP contribution is 2.28. The molecule has 3 rings (SSSR count). The number of anilines is 1. The van der Waals surface area contributed by atoms with E-state index in [1.165, 1.54) is 4.90 Å². The number of aromatic nitrogens is 2. The Kier molecular flexibility index (Phi) is 5.78. The molecule has 5 heteroatoms. The molecular formula is C21H23N3OS. The number of aryl methyl sites for hydroxylation is 1. The number of rotatable bonds is 6. The fraction of sp³-hybridized carbons (Fsp3) is 0.238. The van der Waals surface area contributed by atoms with E-state index in [0.29, 0.717) is 10.8 Å². The first kappa shape index (κ1) is 18.3.